The predicted molar refractivity (Wildman–Crippen MR) is 67.6 cm³/mol. The van der Waals surface area contributed by atoms with Crippen LogP contribution < -0.4 is 4.72 Å². The summed E-state index contributed by atoms with van der Waals surface area (Å²) in [5, 5.41) is 8.71. The highest BCUT2D eigenvalue weighted by atomic mass is 32.2. The van der Waals surface area contributed by atoms with Gasteiger partial charge < -0.3 is 4.74 Å². The summed E-state index contributed by atoms with van der Waals surface area (Å²) in [5.74, 6) is -0.657. The molecule has 19 heavy (non-hydrogen) atoms. The Morgan fingerprint density at radius 2 is 2.16 bits per heavy atom. The highest BCUT2D eigenvalue weighted by Gasteiger charge is 2.16. The van der Waals surface area contributed by atoms with Crippen molar-refractivity contribution in [1.82, 2.24) is 4.72 Å². The van der Waals surface area contributed by atoms with Gasteiger partial charge in [-0.2, -0.15) is 9.98 Å². The molecule has 0 heterocycles. The van der Waals surface area contributed by atoms with E-state index in [4.69, 9.17) is 10.00 Å². The van der Waals surface area contributed by atoms with E-state index in [1.165, 1.54) is 24.3 Å². The summed E-state index contributed by atoms with van der Waals surface area (Å²) in [5.41, 5.74) is 0.229. The quantitative estimate of drug-likeness (QED) is 0.805. The first-order valence-electron chi connectivity index (χ1n) is 5.54. The fourth-order valence-electron chi connectivity index (χ4n) is 1.27. The van der Waals surface area contributed by atoms with Crippen LogP contribution in [0.1, 0.15) is 19.4 Å². The second-order valence-corrected chi connectivity index (χ2v) is 5.77. The zero-order chi connectivity index (χ0) is 14.5. The van der Waals surface area contributed by atoms with Crippen LogP contribution in [0.5, 0.6) is 0 Å². The van der Waals surface area contributed by atoms with Crippen LogP contribution in [0.3, 0.4) is 0 Å². The van der Waals surface area contributed by atoms with Crippen LogP contribution in [-0.2, 0) is 19.6 Å². The van der Waals surface area contributed by atoms with Crippen LogP contribution in [0.4, 0.5) is 0 Å². The highest BCUT2D eigenvalue weighted by Crippen LogP contribution is 2.10. The molecular weight excluding hydrogens is 268 g/mol. The lowest BCUT2D eigenvalue weighted by Gasteiger charge is -2.09. The van der Waals surface area contributed by atoms with Crippen molar-refractivity contribution in [3.8, 4) is 6.07 Å². The lowest BCUT2D eigenvalue weighted by Crippen LogP contribution is -2.31. The van der Waals surface area contributed by atoms with Crippen molar-refractivity contribution in [3.63, 3.8) is 0 Å². The average Bonchev–Trinajstić information content (AvgIpc) is 2.36. The van der Waals surface area contributed by atoms with E-state index in [1.807, 2.05) is 6.07 Å². The van der Waals surface area contributed by atoms with Gasteiger partial charge in [0.15, 0.2) is 0 Å². The van der Waals surface area contributed by atoms with Gasteiger partial charge in [-0.25, -0.2) is 8.42 Å². The van der Waals surface area contributed by atoms with E-state index >= 15 is 0 Å². The Balaban J connectivity index is 2.76. The third kappa shape index (κ3) is 4.69. The molecular formula is C12H14N2O4S. The Morgan fingerprint density at radius 3 is 2.74 bits per heavy atom. The van der Waals surface area contributed by atoms with E-state index in [-0.39, 0.29) is 16.6 Å². The van der Waals surface area contributed by atoms with E-state index in [9.17, 15) is 13.2 Å². The number of esters is 1. The second kappa shape index (κ2) is 6.31. The van der Waals surface area contributed by atoms with Crippen molar-refractivity contribution in [2.45, 2.75) is 24.8 Å². The van der Waals surface area contributed by atoms with E-state index < -0.39 is 22.5 Å². The molecule has 1 rings (SSSR count). The molecule has 0 unspecified atom stereocenters. The number of nitriles is 1. The molecule has 102 valence electrons. The van der Waals surface area contributed by atoms with Crippen LogP contribution in [0.2, 0.25) is 0 Å². The van der Waals surface area contributed by atoms with Gasteiger partial charge in [0.25, 0.3) is 0 Å². The lowest BCUT2D eigenvalue weighted by molar-refractivity contribution is -0.145. The van der Waals surface area contributed by atoms with Gasteiger partial charge in [-0.15, -0.1) is 0 Å². The molecule has 0 spiro atoms. The molecule has 0 radical (unpaired) electrons. The van der Waals surface area contributed by atoms with Gasteiger partial charge in [0.2, 0.25) is 10.0 Å². The van der Waals surface area contributed by atoms with Crippen LogP contribution >= 0.6 is 0 Å². The van der Waals surface area contributed by atoms with Gasteiger partial charge in [0, 0.05) is 0 Å². The summed E-state index contributed by atoms with van der Waals surface area (Å²) in [6.45, 7) is 2.89. The van der Waals surface area contributed by atoms with Crippen LogP contribution in [-0.4, -0.2) is 27.0 Å². The molecule has 0 aliphatic rings. The summed E-state index contributed by atoms with van der Waals surface area (Å²) in [6, 6.07) is 7.37. The number of ether oxygens (including phenoxy) is 1. The maximum absolute atomic E-state index is 11.9. The summed E-state index contributed by atoms with van der Waals surface area (Å²) < 4.78 is 30.7. The number of sulfonamides is 1. The zero-order valence-corrected chi connectivity index (χ0v) is 11.4. The Bertz CT molecular complexity index is 602. The predicted octanol–water partition coefficient (Wildman–Crippen LogP) is 0.788. The lowest BCUT2D eigenvalue weighted by atomic mass is 10.2. The minimum absolute atomic E-state index is 0.0658. The number of rotatable bonds is 5. The van der Waals surface area contributed by atoms with Gasteiger partial charge in [0.1, 0.15) is 6.54 Å². The van der Waals surface area contributed by atoms with Gasteiger partial charge >= 0.3 is 5.97 Å². The van der Waals surface area contributed by atoms with Gasteiger partial charge in [0.05, 0.1) is 22.6 Å². The van der Waals surface area contributed by atoms with Crippen molar-refractivity contribution >= 4 is 16.0 Å². The number of hydrogen-bond donors (Lipinski definition) is 1. The van der Waals surface area contributed by atoms with Crippen molar-refractivity contribution in [2.75, 3.05) is 6.54 Å². The Hall–Kier alpha value is -1.91. The molecule has 0 aliphatic heterocycles. The van der Waals surface area contributed by atoms with Gasteiger partial charge in [-0.1, -0.05) is 6.07 Å². The number of carbonyl (C=O) groups excluding carboxylic acids is 1. The molecule has 0 atom stereocenters. The average molecular weight is 282 g/mol. The molecule has 1 aromatic carbocycles. The minimum Gasteiger partial charge on any atom is -0.462 e. The normalized spacial score (nSPS) is 11.1. The molecule has 0 aliphatic carbocycles. The summed E-state index contributed by atoms with van der Waals surface area (Å²) in [4.78, 5) is 11.2. The van der Waals surface area contributed by atoms with Crippen LogP contribution in [0.25, 0.3) is 0 Å². The number of nitrogens with one attached hydrogen (secondary N) is 1. The summed E-state index contributed by atoms with van der Waals surface area (Å²) in [6.07, 6.45) is -0.307. The number of nitrogens with zero attached hydrogens (tertiary/aromatic N) is 1. The highest BCUT2D eigenvalue weighted by molar-refractivity contribution is 7.89. The molecule has 6 nitrogen and oxygen atoms in total. The molecule has 0 bridgehead atoms. The Kier molecular flexibility index (Phi) is 5.03. The van der Waals surface area contributed by atoms with Crippen LogP contribution in [0.15, 0.2) is 29.2 Å². The number of carbonyl (C=O) groups is 1. The molecule has 0 aromatic heterocycles. The molecule has 0 saturated heterocycles. The third-order valence-corrected chi connectivity index (χ3v) is 3.45. The second-order valence-electron chi connectivity index (χ2n) is 4.00. The standard InChI is InChI=1S/C12H14N2O4S/c1-9(2)18-12(15)8-14-19(16,17)11-5-3-4-10(6-11)7-13/h3-6,9,14H,8H2,1-2H3. The van der Waals surface area contributed by atoms with Gasteiger partial charge in [-0.05, 0) is 32.0 Å². The maximum Gasteiger partial charge on any atom is 0.321 e. The van der Waals surface area contributed by atoms with E-state index in [1.54, 1.807) is 13.8 Å². The number of hydrogen-bond acceptors (Lipinski definition) is 5. The Labute approximate surface area is 112 Å². The summed E-state index contributed by atoms with van der Waals surface area (Å²) in [7, 11) is -3.83. The summed E-state index contributed by atoms with van der Waals surface area (Å²) >= 11 is 0. The number of benzene rings is 1. The molecule has 1 N–H and O–H groups in total. The fraction of sp³-hybridized carbons (Fsp3) is 0.333. The van der Waals surface area contributed by atoms with E-state index in [0.29, 0.717) is 0 Å². The van der Waals surface area contributed by atoms with E-state index in [2.05, 4.69) is 4.72 Å². The van der Waals surface area contributed by atoms with Crippen molar-refractivity contribution in [3.05, 3.63) is 29.8 Å². The molecule has 0 saturated carbocycles. The van der Waals surface area contributed by atoms with Crippen molar-refractivity contribution in [2.24, 2.45) is 0 Å². The van der Waals surface area contributed by atoms with Crippen LogP contribution in [0, 0.1) is 11.3 Å². The van der Waals surface area contributed by atoms with E-state index in [0.717, 1.165) is 0 Å². The topological polar surface area (TPSA) is 96.3 Å². The zero-order valence-electron chi connectivity index (χ0n) is 10.6. The molecule has 1 aromatic rings. The largest absolute Gasteiger partial charge is 0.462 e. The first kappa shape index (κ1) is 15.1. The molecule has 7 heteroatoms. The Morgan fingerprint density at radius 1 is 1.47 bits per heavy atom. The smallest absolute Gasteiger partial charge is 0.321 e. The van der Waals surface area contributed by atoms with Crippen molar-refractivity contribution in [1.29, 1.82) is 5.26 Å². The maximum atomic E-state index is 11.9. The SMILES string of the molecule is CC(C)OC(=O)CNS(=O)(=O)c1cccc(C#N)c1. The molecule has 0 amide bonds. The monoisotopic (exact) mass is 282 g/mol. The third-order valence-electron chi connectivity index (χ3n) is 2.05. The van der Waals surface area contributed by atoms with Crippen molar-refractivity contribution < 1.29 is 17.9 Å². The first-order valence-corrected chi connectivity index (χ1v) is 7.03. The first-order chi connectivity index (χ1) is 8.85. The fourth-order valence-corrected chi connectivity index (χ4v) is 2.29. The minimum atomic E-state index is -3.83. The molecule has 0 fully saturated rings. The van der Waals surface area contributed by atoms with Gasteiger partial charge in [-0.3, -0.25) is 4.79 Å².